The van der Waals surface area contributed by atoms with Gasteiger partial charge in [-0.1, -0.05) is 33.6 Å². The number of aromatic nitrogens is 2. The van der Waals surface area contributed by atoms with Crippen LogP contribution in [0.3, 0.4) is 0 Å². The highest BCUT2D eigenvalue weighted by molar-refractivity contribution is 5.97. The summed E-state index contributed by atoms with van der Waals surface area (Å²) < 4.78 is 2.50. The van der Waals surface area contributed by atoms with Gasteiger partial charge in [0.15, 0.2) is 0 Å². The van der Waals surface area contributed by atoms with Gasteiger partial charge < -0.3 is 0 Å². The normalized spacial score (nSPS) is 13.0. The molecule has 0 saturated carbocycles. The molecule has 0 bridgehead atoms. The van der Waals surface area contributed by atoms with E-state index >= 15 is 0 Å². The molecular formula is C20H24N2O4. The number of unbranched alkanes of at least 4 members (excludes halogenated alkanes) is 1. The van der Waals surface area contributed by atoms with E-state index in [4.69, 9.17) is 0 Å². The van der Waals surface area contributed by atoms with Crippen molar-refractivity contribution in [2.75, 3.05) is 0 Å². The first kappa shape index (κ1) is 18.3. The van der Waals surface area contributed by atoms with E-state index < -0.39 is 0 Å². The summed E-state index contributed by atoms with van der Waals surface area (Å²) in [5.74, 6) is 0. The average Bonchev–Trinajstić information content (AvgIpc) is 3.02. The Balaban J connectivity index is 2.31. The molecule has 0 aliphatic heterocycles. The van der Waals surface area contributed by atoms with Crippen LogP contribution in [0.15, 0.2) is 31.3 Å². The lowest BCUT2D eigenvalue weighted by molar-refractivity contribution is 0.423. The van der Waals surface area contributed by atoms with Crippen LogP contribution >= 0.6 is 0 Å². The molecule has 0 spiro atoms. The molecule has 1 aromatic carbocycles. The van der Waals surface area contributed by atoms with Crippen LogP contribution < -0.4 is 22.2 Å². The Bertz CT molecular complexity index is 1080. The van der Waals surface area contributed by atoms with Crippen LogP contribution in [0.2, 0.25) is 0 Å². The molecule has 6 heteroatoms. The zero-order valence-electron chi connectivity index (χ0n) is 15.5. The highest BCUT2D eigenvalue weighted by atomic mass is 16.2. The molecule has 0 aliphatic rings. The van der Waals surface area contributed by atoms with Gasteiger partial charge in [0.1, 0.15) is 0 Å². The van der Waals surface area contributed by atoms with Crippen molar-refractivity contribution in [1.29, 1.82) is 0 Å². The minimum Gasteiger partial charge on any atom is -0.274 e. The molecule has 0 N–H and O–H groups in total. The summed E-state index contributed by atoms with van der Waals surface area (Å²) in [4.78, 5) is 50.7. The van der Waals surface area contributed by atoms with E-state index in [9.17, 15) is 19.2 Å². The van der Waals surface area contributed by atoms with Gasteiger partial charge in [0.25, 0.3) is 22.2 Å². The van der Waals surface area contributed by atoms with Crippen molar-refractivity contribution in [1.82, 2.24) is 9.13 Å². The SMILES string of the molecule is CCCCC(CC)n1c(=O)c2cc3c(=O)n(CCC)c(=O)c3cc2c1=O. The monoisotopic (exact) mass is 356 g/mol. The second kappa shape index (κ2) is 7.02. The van der Waals surface area contributed by atoms with Gasteiger partial charge in [-0.3, -0.25) is 28.3 Å². The Hall–Kier alpha value is -2.50. The summed E-state index contributed by atoms with van der Waals surface area (Å²) in [5.41, 5.74) is -1.48. The molecule has 2 heterocycles. The summed E-state index contributed by atoms with van der Waals surface area (Å²) in [6.07, 6.45) is 4.04. The van der Waals surface area contributed by atoms with E-state index in [2.05, 4.69) is 6.92 Å². The van der Waals surface area contributed by atoms with Gasteiger partial charge in [-0.15, -0.1) is 0 Å². The number of benzene rings is 1. The molecule has 6 nitrogen and oxygen atoms in total. The van der Waals surface area contributed by atoms with Crippen molar-refractivity contribution in [3.8, 4) is 0 Å². The fourth-order valence-electron chi connectivity index (χ4n) is 3.76. The summed E-state index contributed by atoms with van der Waals surface area (Å²) in [5, 5.41) is 0.935. The van der Waals surface area contributed by atoms with Crippen molar-refractivity contribution >= 4 is 21.5 Å². The van der Waals surface area contributed by atoms with E-state index in [-0.39, 0.29) is 49.8 Å². The molecule has 0 radical (unpaired) electrons. The molecule has 0 fully saturated rings. The third-order valence-corrected chi connectivity index (χ3v) is 5.18. The van der Waals surface area contributed by atoms with E-state index in [1.54, 1.807) is 0 Å². The fourth-order valence-corrected chi connectivity index (χ4v) is 3.76. The Labute approximate surface area is 150 Å². The van der Waals surface area contributed by atoms with Crippen LogP contribution in [-0.4, -0.2) is 9.13 Å². The molecule has 138 valence electrons. The Morgan fingerprint density at radius 1 is 0.769 bits per heavy atom. The van der Waals surface area contributed by atoms with E-state index in [0.717, 1.165) is 19.3 Å². The van der Waals surface area contributed by atoms with Gasteiger partial charge in [0.05, 0.1) is 21.5 Å². The number of hydrogen-bond donors (Lipinski definition) is 0. The molecule has 2 aromatic heterocycles. The smallest absolute Gasteiger partial charge is 0.261 e. The Morgan fingerprint density at radius 3 is 1.69 bits per heavy atom. The molecule has 0 saturated heterocycles. The van der Waals surface area contributed by atoms with Crippen LogP contribution in [0.1, 0.15) is 58.9 Å². The predicted octanol–water partition coefficient (Wildman–Crippen LogP) is 2.46. The second-order valence-electron chi connectivity index (χ2n) is 6.89. The zero-order chi connectivity index (χ0) is 19.0. The number of nitrogens with zero attached hydrogens (tertiary/aromatic N) is 2. The average molecular weight is 356 g/mol. The number of fused-ring (bicyclic) bond motifs is 2. The minimum absolute atomic E-state index is 0.153. The maximum Gasteiger partial charge on any atom is 0.261 e. The molecular weight excluding hydrogens is 332 g/mol. The van der Waals surface area contributed by atoms with Gasteiger partial charge in [-0.05, 0) is 31.4 Å². The largest absolute Gasteiger partial charge is 0.274 e. The van der Waals surface area contributed by atoms with Crippen molar-refractivity contribution < 1.29 is 0 Å². The summed E-state index contributed by atoms with van der Waals surface area (Å²) in [6, 6.07) is 2.72. The quantitative estimate of drug-likeness (QED) is 0.651. The third-order valence-electron chi connectivity index (χ3n) is 5.18. The van der Waals surface area contributed by atoms with Gasteiger partial charge in [-0.25, -0.2) is 0 Å². The topological polar surface area (TPSA) is 78.1 Å². The first-order valence-electron chi connectivity index (χ1n) is 9.38. The standard InChI is InChI=1S/C20H24N2O4/c1-4-7-8-12(6-3)22-19(25)15-10-13-14(11-16(15)20(22)26)18(24)21(9-5-2)17(13)23/h10-12H,4-9H2,1-3H3. The second-order valence-corrected chi connectivity index (χ2v) is 6.89. The van der Waals surface area contributed by atoms with E-state index in [1.165, 1.54) is 21.3 Å². The van der Waals surface area contributed by atoms with Crippen LogP contribution in [0.5, 0.6) is 0 Å². The van der Waals surface area contributed by atoms with Gasteiger partial charge >= 0.3 is 0 Å². The number of rotatable bonds is 7. The van der Waals surface area contributed by atoms with Crippen molar-refractivity contribution in [3.05, 3.63) is 53.5 Å². The van der Waals surface area contributed by atoms with Gasteiger partial charge in [0, 0.05) is 12.6 Å². The fraction of sp³-hybridized carbons (Fsp3) is 0.500. The Morgan fingerprint density at radius 2 is 1.27 bits per heavy atom. The van der Waals surface area contributed by atoms with Gasteiger partial charge in [0.2, 0.25) is 0 Å². The Kier molecular flexibility index (Phi) is 4.94. The first-order valence-corrected chi connectivity index (χ1v) is 9.38. The van der Waals surface area contributed by atoms with E-state index in [1.807, 2.05) is 13.8 Å². The molecule has 0 amide bonds. The van der Waals surface area contributed by atoms with Crippen molar-refractivity contribution in [2.24, 2.45) is 0 Å². The molecule has 0 aliphatic carbocycles. The van der Waals surface area contributed by atoms with Gasteiger partial charge in [-0.2, -0.15) is 0 Å². The molecule has 3 aromatic rings. The maximum absolute atomic E-state index is 12.9. The summed E-state index contributed by atoms with van der Waals surface area (Å²) in [7, 11) is 0. The molecule has 1 unspecified atom stereocenters. The van der Waals surface area contributed by atoms with E-state index in [0.29, 0.717) is 19.4 Å². The lowest BCUT2D eigenvalue weighted by atomic mass is 10.1. The molecule has 1 atom stereocenters. The summed E-state index contributed by atoms with van der Waals surface area (Å²) >= 11 is 0. The van der Waals surface area contributed by atoms with Crippen LogP contribution in [0.25, 0.3) is 21.5 Å². The lowest BCUT2D eigenvalue weighted by Crippen LogP contribution is -2.29. The first-order chi connectivity index (χ1) is 12.5. The summed E-state index contributed by atoms with van der Waals surface area (Å²) in [6.45, 7) is 6.24. The minimum atomic E-state index is -0.383. The van der Waals surface area contributed by atoms with Crippen LogP contribution in [0.4, 0.5) is 0 Å². The zero-order valence-corrected chi connectivity index (χ0v) is 15.5. The highest BCUT2D eigenvalue weighted by Gasteiger charge is 2.22. The van der Waals surface area contributed by atoms with Crippen molar-refractivity contribution in [2.45, 2.75) is 65.5 Å². The van der Waals surface area contributed by atoms with Crippen molar-refractivity contribution in [3.63, 3.8) is 0 Å². The predicted molar refractivity (Wildman–Crippen MR) is 104 cm³/mol. The maximum atomic E-state index is 12.9. The third kappa shape index (κ3) is 2.64. The highest BCUT2D eigenvalue weighted by Crippen LogP contribution is 2.20. The lowest BCUT2D eigenvalue weighted by Gasteiger charge is -2.14. The van der Waals surface area contributed by atoms with Crippen LogP contribution in [0, 0.1) is 0 Å². The number of hydrogen-bond acceptors (Lipinski definition) is 4. The molecule has 26 heavy (non-hydrogen) atoms. The molecule has 3 rings (SSSR count). The van der Waals surface area contributed by atoms with Crippen LogP contribution in [-0.2, 0) is 6.54 Å².